The molecule has 1 aromatic heterocycles. The quantitative estimate of drug-likeness (QED) is 0.781. The van der Waals surface area contributed by atoms with E-state index in [1.807, 2.05) is 29.0 Å². The summed E-state index contributed by atoms with van der Waals surface area (Å²) >= 11 is 5.72. The summed E-state index contributed by atoms with van der Waals surface area (Å²) in [4.78, 5) is 4.18. The van der Waals surface area contributed by atoms with Crippen LogP contribution in [0.2, 0.25) is 0 Å². The van der Waals surface area contributed by atoms with Crippen LogP contribution in [0.5, 0.6) is 11.5 Å². The van der Waals surface area contributed by atoms with Crippen LogP contribution in [0.1, 0.15) is 11.3 Å². The molecule has 96 valence electrons. The van der Waals surface area contributed by atoms with E-state index in [1.165, 1.54) is 0 Å². The van der Waals surface area contributed by atoms with E-state index in [2.05, 4.69) is 4.98 Å². The molecule has 0 N–H and O–H groups in total. The molecule has 0 aliphatic rings. The SMILES string of the molecule is COc1ccc(Cn2cnc(CCl)c2)cc1OC. The third-order valence-electron chi connectivity index (χ3n) is 2.64. The summed E-state index contributed by atoms with van der Waals surface area (Å²) < 4.78 is 12.5. The van der Waals surface area contributed by atoms with Gasteiger partial charge in [0.1, 0.15) is 0 Å². The number of hydrogen-bond acceptors (Lipinski definition) is 3. The van der Waals surface area contributed by atoms with Crippen LogP contribution in [-0.2, 0) is 12.4 Å². The lowest BCUT2D eigenvalue weighted by molar-refractivity contribution is 0.354. The monoisotopic (exact) mass is 266 g/mol. The lowest BCUT2D eigenvalue weighted by Crippen LogP contribution is -1.98. The van der Waals surface area contributed by atoms with E-state index in [9.17, 15) is 0 Å². The van der Waals surface area contributed by atoms with E-state index >= 15 is 0 Å². The third-order valence-corrected chi connectivity index (χ3v) is 2.91. The van der Waals surface area contributed by atoms with Crippen LogP contribution >= 0.6 is 11.6 Å². The van der Waals surface area contributed by atoms with Gasteiger partial charge in [0.2, 0.25) is 0 Å². The molecule has 0 atom stereocenters. The highest BCUT2D eigenvalue weighted by Crippen LogP contribution is 2.27. The van der Waals surface area contributed by atoms with Crippen LogP contribution in [0.3, 0.4) is 0 Å². The lowest BCUT2D eigenvalue weighted by atomic mass is 10.2. The van der Waals surface area contributed by atoms with Gasteiger partial charge in [-0.05, 0) is 17.7 Å². The zero-order chi connectivity index (χ0) is 13.0. The molecule has 18 heavy (non-hydrogen) atoms. The molecule has 0 unspecified atom stereocenters. The second-order valence-corrected chi connectivity index (χ2v) is 4.13. The molecular weight excluding hydrogens is 252 g/mol. The van der Waals surface area contributed by atoms with Crippen molar-refractivity contribution in [1.29, 1.82) is 0 Å². The standard InChI is InChI=1S/C13H15ClN2O2/c1-17-12-4-3-10(5-13(12)18-2)7-16-8-11(6-14)15-9-16/h3-5,8-9H,6-7H2,1-2H3. The Morgan fingerprint density at radius 3 is 2.61 bits per heavy atom. The Bertz CT molecular complexity index is 525. The topological polar surface area (TPSA) is 36.3 Å². The Labute approximate surface area is 111 Å². The minimum Gasteiger partial charge on any atom is -0.493 e. The molecule has 0 saturated carbocycles. The predicted molar refractivity (Wildman–Crippen MR) is 70.4 cm³/mol. The van der Waals surface area contributed by atoms with Gasteiger partial charge in [-0.3, -0.25) is 0 Å². The summed E-state index contributed by atoms with van der Waals surface area (Å²) in [5.41, 5.74) is 1.99. The summed E-state index contributed by atoms with van der Waals surface area (Å²) in [5.74, 6) is 1.89. The predicted octanol–water partition coefficient (Wildman–Crippen LogP) is 2.69. The fourth-order valence-corrected chi connectivity index (χ4v) is 1.89. The second kappa shape index (κ2) is 5.78. The number of aromatic nitrogens is 2. The summed E-state index contributed by atoms with van der Waals surface area (Å²) in [6, 6.07) is 5.86. The second-order valence-electron chi connectivity index (χ2n) is 3.86. The fraction of sp³-hybridized carbons (Fsp3) is 0.308. The number of benzene rings is 1. The van der Waals surface area contributed by atoms with Crippen molar-refractivity contribution in [2.24, 2.45) is 0 Å². The Kier molecular flexibility index (Phi) is 4.10. The number of imidazole rings is 1. The molecule has 0 aliphatic heterocycles. The minimum absolute atomic E-state index is 0.429. The van der Waals surface area contributed by atoms with Gasteiger partial charge in [0.15, 0.2) is 11.5 Å². The highest BCUT2D eigenvalue weighted by atomic mass is 35.5. The highest BCUT2D eigenvalue weighted by Gasteiger charge is 2.05. The van der Waals surface area contributed by atoms with E-state index in [4.69, 9.17) is 21.1 Å². The zero-order valence-corrected chi connectivity index (χ0v) is 11.1. The summed E-state index contributed by atoms with van der Waals surface area (Å²) in [5, 5.41) is 0. The Hall–Kier alpha value is -1.68. The maximum absolute atomic E-state index is 5.72. The fourth-order valence-electron chi connectivity index (χ4n) is 1.75. The van der Waals surface area contributed by atoms with E-state index < -0.39 is 0 Å². The molecule has 1 heterocycles. The Morgan fingerprint density at radius 1 is 1.22 bits per heavy atom. The van der Waals surface area contributed by atoms with Crippen molar-refractivity contribution < 1.29 is 9.47 Å². The highest BCUT2D eigenvalue weighted by molar-refractivity contribution is 6.16. The van der Waals surface area contributed by atoms with Gasteiger partial charge in [-0.25, -0.2) is 4.98 Å². The molecule has 0 fully saturated rings. The summed E-state index contributed by atoms with van der Waals surface area (Å²) in [6.07, 6.45) is 3.71. The number of alkyl halides is 1. The van der Waals surface area contributed by atoms with Crippen molar-refractivity contribution in [2.45, 2.75) is 12.4 Å². The first-order chi connectivity index (χ1) is 8.76. The van der Waals surface area contributed by atoms with Crippen LogP contribution in [0.4, 0.5) is 0 Å². The Morgan fingerprint density at radius 2 is 2.00 bits per heavy atom. The molecule has 0 amide bonds. The number of ether oxygens (including phenoxy) is 2. The van der Waals surface area contributed by atoms with Gasteiger partial charge >= 0.3 is 0 Å². The van der Waals surface area contributed by atoms with Crippen molar-refractivity contribution in [2.75, 3.05) is 14.2 Å². The van der Waals surface area contributed by atoms with Gasteiger partial charge in [-0.1, -0.05) is 6.07 Å². The molecule has 5 heteroatoms. The normalized spacial score (nSPS) is 10.4. The van der Waals surface area contributed by atoms with Crippen molar-refractivity contribution in [3.8, 4) is 11.5 Å². The molecule has 4 nitrogen and oxygen atoms in total. The molecule has 0 aliphatic carbocycles. The van der Waals surface area contributed by atoms with E-state index in [-0.39, 0.29) is 0 Å². The van der Waals surface area contributed by atoms with E-state index in [1.54, 1.807) is 20.5 Å². The molecule has 2 rings (SSSR count). The molecule has 1 aromatic carbocycles. The number of nitrogens with zero attached hydrogens (tertiary/aromatic N) is 2. The maximum atomic E-state index is 5.72. The lowest BCUT2D eigenvalue weighted by Gasteiger charge is -2.09. The van der Waals surface area contributed by atoms with Crippen molar-refractivity contribution in [3.05, 3.63) is 42.0 Å². The third kappa shape index (κ3) is 2.76. The average molecular weight is 267 g/mol. The molecule has 2 aromatic rings. The largest absolute Gasteiger partial charge is 0.493 e. The molecule has 0 radical (unpaired) electrons. The van der Waals surface area contributed by atoms with Gasteiger partial charge in [0.05, 0.1) is 32.1 Å². The van der Waals surface area contributed by atoms with Crippen molar-refractivity contribution in [3.63, 3.8) is 0 Å². The Balaban J connectivity index is 2.18. The van der Waals surface area contributed by atoms with Crippen LogP contribution in [0, 0.1) is 0 Å². The van der Waals surface area contributed by atoms with Gasteiger partial charge < -0.3 is 14.0 Å². The molecular formula is C13H15ClN2O2. The molecule has 0 saturated heterocycles. The molecule has 0 spiro atoms. The van der Waals surface area contributed by atoms with Crippen LogP contribution in [0.15, 0.2) is 30.7 Å². The van der Waals surface area contributed by atoms with E-state index in [0.717, 1.165) is 29.3 Å². The molecule has 0 bridgehead atoms. The van der Waals surface area contributed by atoms with Gasteiger partial charge in [-0.15, -0.1) is 11.6 Å². The smallest absolute Gasteiger partial charge is 0.161 e. The van der Waals surface area contributed by atoms with Crippen LogP contribution in [-0.4, -0.2) is 23.8 Å². The van der Waals surface area contributed by atoms with Gasteiger partial charge in [0, 0.05) is 12.7 Å². The van der Waals surface area contributed by atoms with Crippen LogP contribution in [0.25, 0.3) is 0 Å². The minimum atomic E-state index is 0.429. The van der Waals surface area contributed by atoms with Crippen LogP contribution < -0.4 is 9.47 Å². The number of rotatable bonds is 5. The summed E-state index contributed by atoms with van der Waals surface area (Å²) in [6.45, 7) is 0.726. The number of methoxy groups -OCH3 is 2. The zero-order valence-electron chi connectivity index (χ0n) is 10.4. The maximum Gasteiger partial charge on any atom is 0.161 e. The first-order valence-corrected chi connectivity index (χ1v) is 6.07. The number of halogens is 1. The van der Waals surface area contributed by atoms with E-state index in [0.29, 0.717) is 5.88 Å². The van der Waals surface area contributed by atoms with Crippen molar-refractivity contribution >= 4 is 11.6 Å². The first-order valence-electron chi connectivity index (χ1n) is 5.54. The first kappa shape index (κ1) is 12.8. The summed E-state index contributed by atoms with van der Waals surface area (Å²) in [7, 11) is 3.25. The number of hydrogen-bond donors (Lipinski definition) is 0. The average Bonchev–Trinajstić information content (AvgIpc) is 2.86. The van der Waals surface area contributed by atoms with Crippen molar-refractivity contribution in [1.82, 2.24) is 9.55 Å². The van der Waals surface area contributed by atoms with Gasteiger partial charge in [-0.2, -0.15) is 0 Å². The van der Waals surface area contributed by atoms with Gasteiger partial charge in [0.25, 0.3) is 0 Å².